The lowest BCUT2D eigenvalue weighted by Gasteiger charge is -2.13. The highest BCUT2D eigenvalue weighted by Crippen LogP contribution is 2.28. The van der Waals surface area contributed by atoms with Crippen LogP contribution >= 0.6 is 0 Å². The van der Waals surface area contributed by atoms with E-state index in [4.69, 9.17) is 14.0 Å². The van der Waals surface area contributed by atoms with Crippen LogP contribution in [0.1, 0.15) is 29.5 Å². The summed E-state index contributed by atoms with van der Waals surface area (Å²) in [5.74, 6) is 0.877. The van der Waals surface area contributed by atoms with E-state index in [-0.39, 0.29) is 23.1 Å². The number of aryl methyl sites for hydroxylation is 1. The van der Waals surface area contributed by atoms with Crippen molar-refractivity contribution in [2.24, 2.45) is 0 Å². The molecule has 1 amide bonds. The van der Waals surface area contributed by atoms with Gasteiger partial charge in [0, 0.05) is 19.0 Å². The normalized spacial score (nSPS) is 11.5. The van der Waals surface area contributed by atoms with E-state index in [0.717, 1.165) is 0 Å². The lowest BCUT2D eigenvalue weighted by Crippen LogP contribution is -2.24. The summed E-state index contributed by atoms with van der Waals surface area (Å²) in [5.41, 5.74) is 2.27. The Balaban J connectivity index is 1.88. The number of aromatic nitrogens is 1. The van der Waals surface area contributed by atoms with Gasteiger partial charge in [0.15, 0.2) is 5.76 Å². The number of ether oxygens (including phenoxy) is 2. The molecule has 0 aliphatic rings. The van der Waals surface area contributed by atoms with Crippen LogP contribution < -0.4 is 19.5 Å². The quantitative estimate of drug-likeness (QED) is 0.489. The molecule has 0 fully saturated rings. The number of hydrogen-bond donors (Lipinski definition) is 2. The van der Waals surface area contributed by atoms with Crippen LogP contribution in [0.5, 0.6) is 11.5 Å². The average Bonchev–Trinajstić information content (AvgIpc) is 3.14. The number of benzene rings is 2. The van der Waals surface area contributed by atoms with Crippen LogP contribution in [0.3, 0.4) is 0 Å². The zero-order chi connectivity index (χ0) is 24.0. The molecule has 174 valence electrons. The van der Waals surface area contributed by atoms with Crippen molar-refractivity contribution in [1.29, 1.82) is 0 Å². The predicted molar refractivity (Wildman–Crippen MR) is 124 cm³/mol. The number of nitrogens with one attached hydrogen (secondary N) is 2. The van der Waals surface area contributed by atoms with Gasteiger partial charge in [-0.1, -0.05) is 35.5 Å². The first-order valence-electron chi connectivity index (χ1n) is 9.96. The molecule has 2 aromatic carbocycles. The molecule has 0 atom stereocenters. The second kappa shape index (κ2) is 10.3. The SMILES string of the molecule is COc1ccccc1CNS(=O)(=O)c1cc(C=Cc2onc(C)c2NC(C)=O)ccc1OC. The van der Waals surface area contributed by atoms with Crippen molar-refractivity contribution in [2.75, 3.05) is 19.5 Å². The van der Waals surface area contributed by atoms with Gasteiger partial charge >= 0.3 is 0 Å². The predicted octanol–water partition coefficient (Wildman–Crippen LogP) is 3.61. The molecule has 0 bridgehead atoms. The Bertz CT molecular complexity index is 1280. The fourth-order valence-electron chi connectivity index (χ4n) is 3.11. The first kappa shape index (κ1) is 24.0. The number of sulfonamides is 1. The Morgan fingerprint density at radius 3 is 2.52 bits per heavy atom. The van der Waals surface area contributed by atoms with Crippen LogP contribution in [-0.4, -0.2) is 33.7 Å². The van der Waals surface area contributed by atoms with Crippen molar-refractivity contribution < 1.29 is 27.2 Å². The van der Waals surface area contributed by atoms with E-state index in [0.29, 0.717) is 34.0 Å². The van der Waals surface area contributed by atoms with E-state index in [9.17, 15) is 13.2 Å². The van der Waals surface area contributed by atoms with Crippen LogP contribution in [0.2, 0.25) is 0 Å². The Morgan fingerprint density at radius 1 is 1.09 bits per heavy atom. The molecule has 0 unspecified atom stereocenters. The molecule has 0 saturated heterocycles. The summed E-state index contributed by atoms with van der Waals surface area (Å²) in [4.78, 5) is 11.4. The van der Waals surface area contributed by atoms with Crippen LogP contribution in [0.15, 0.2) is 51.9 Å². The van der Waals surface area contributed by atoms with E-state index in [1.807, 2.05) is 6.07 Å². The van der Waals surface area contributed by atoms with E-state index in [1.165, 1.54) is 27.2 Å². The molecule has 0 aliphatic carbocycles. The van der Waals surface area contributed by atoms with Crippen LogP contribution in [0.4, 0.5) is 5.69 Å². The number of hydrogen-bond acceptors (Lipinski definition) is 7. The van der Waals surface area contributed by atoms with Gasteiger partial charge in [0.2, 0.25) is 15.9 Å². The van der Waals surface area contributed by atoms with Gasteiger partial charge in [0.1, 0.15) is 27.8 Å². The second-order valence-electron chi connectivity index (χ2n) is 7.07. The third-order valence-corrected chi connectivity index (χ3v) is 6.16. The van der Waals surface area contributed by atoms with Gasteiger partial charge in [-0.3, -0.25) is 4.79 Å². The summed E-state index contributed by atoms with van der Waals surface area (Å²) >= 11 is 0. The highest BCUT2D eigenvalue weighted by molar-refractivity contribution is 7.89. The van der Waals surface area contributed by atoms with E-state index in [1.54, 1.807) is 49.4 Å². The molecule has 1 aromatic heterocycles. The summed E-state index contributed by atoms with van der Waals surface area (Å²) < 4.78 is 44.5. The molecule has 0 saturated carbocycles. The number of nitrogens with zero attached hydrogens (tertiary/aromatic N) is 1. The summed E-state index contributed by atoms with van der Waals surface area (Å²) in [7, 11) is -0.978. The largest absolute Gasteiger partial charge is 0.496 e. The second-order valence-corrected chi connectivity index (χ2v) is 8.80. The average molecular weight is 472 g/mol. The molecular formula is C23H25N3O6S. The number of amides is 1. The zero-order valence-electron chi connectivity index (χ0n) is 18.7. The van der Waals surface area contributed by atoms with Crippen LogP contribution in [0.25, 0.3) is 12.2 Å². The van der Waals surface area contributed by atoms with Gasteiger partial charge < -0.3 is 19.3 Å². The fraction of sp³-hybridized carbons (Fsp3) is 0.217. The Labute approximate surface area is 192 Å². The van der Waals surface area contributed by atoms with E-state index < -0.39 is 10.0 Å². The molecule has 3 aromatic rings. The first-order chi connectivity index (χ1) is 15.7. The van der Waals surface area contributed by atoms with Gasteiger partial charge in [0.25, 0.3) is 0 Å². The monoisotopic (exact) mass is 471 g/mol. The van der Waals surface area contributed by atoms with Crippen LogP contribution in [-0.2, 0) is 21.4 Å². The lowest BCUT2D eigenvalue weighted by atomic mass is 10.2. The highest BCUT2D eigenvalue weighted by atomic mass is 32.2. The Kier molecular flexibility index (Phi) is 7.52. The van der Waals surface area contributed by atoms with Crippen molar-refractivity contribution in [3.63, 3.8) is 0 Å². The topological polar surface area (TPSA) is 120 Å². The van der Waals surface area contributed by atoms with Crippen molar-refractivity contribution >= 4 is 33.8 Å². The minimum atomic E-state index is -3.91. The number of para-hydroxylation sites is 1. The van der Waals surface area contributed by atoms with Gasteiger partial charge in [-0.05, 0) is 36.8 Å². The first-order valence-corrected chi connectivity index (χ1v) is 11.4. The third-order valence-electron chi connectivity index (χ3n) is 4.74. The molecule has 2 N–H and O–H groups in total. The van der Waals surface area contributed by atoms with Crippen molar-refractivity contribution in [2.45, 2.75) is 25.3 Å². The van der Waals surface area contributed by atoms with Gasteiger partial charge in [-0.25, -0.2) is 13.1 Å². The molecule has 3 rings (SSSR count). The smallest absolute Gasteiger partial charge is 0.244 e. The molecule has 9 nitrogen and oxygen atoms in total. The lowest BCUT2D eigenvalue weighted by molar-refractivity contribution is -0.114. The van der Waals surface area contributed by atoms with Crippen molar-refractivity contribution in [3.05, 3.63) is 65.0 Å². The number of methoxy groups -OCH3 is 2. The maximum atomic E-state index is 13.1. The molecule has 33 heavy (non-hydrogen) atoms. The van der Waals surface area contributed by atoms with Gasteiger partial charge in [0.05, 0.1) is 14.2 Å². The Morgan fingerprint density at radius 2 is 1.82 bits per heavy atom. The number of carbonyl (C=O) groups is 1. The fourth-order valence-corrected chi connectivity index (χ4v) is 4.32. The molecule has 10 heteroatoms. The molecular weight excluding hydrogens is 446 g/mol. The van der Waals surface area contributed by atoms with Crippen LogP contribution in [0, 0.1) is 6.92 Å². The minimum absolute atomic E-state index is 0.0158. The van der Waals surface area contributed by atoms with E-state index in [2.05, 4.69) is 15.2 Å². The highest BCUT2D eigenvalue weighted by Gasteiger charge is 2.20. The zero-order valence-corrected chi connectivity index (χ0v) is 19.5. The maximum Gasteiger partial charge on any atom is 0.244 e. The minimum Gasteiger partial charge on any atom is -0.496 e. The molecule has 0 radical (unpaired) electrons. The maximum absolute atomic E-state index is 13.1. The number of carbonyl (C=O) groups excluding carboxylic acids is 1. The van der Waals surface area contributed by atoms with Crippen molar-refractivity contribution in [3.8, 4) is 11.5 Å². The summed E-state index contributed by atoms with van der Waals surface area (Å²) in [5, 5.41) is 6.53. The number of rotatable bonds is 9. The van der Waals surface area contributed by atoms with Gasteiger partial charge in [-0.2, -0.15) is 0 Å². The summed E-state index contributed by atoms with van der Waals surface area (Å²) in [6, 6.07) is 11.9. The van der Waals surface area contributed by atoms with Crippen molar-refractivity contribution in [1.82, 2.24) is 9.88 Å². The number of anilines is 1. The summed E-state index contributed by atoms with van der Waals surface area (Å²) in [6.45, 7) is 3.14. The standard InChI is InChI=1S/C23H25N3O6S/c1-15-23(25-16(2)27)21(32-26-15)12-10-17-9-11-20(31-4)22(13-17)33(28,29)24-14-18-7-5-6-8-19(18)30-3/h5-13,24H,14H2,1-4H3,(H,25,27). The summed E-state index contributed by atoms with van der Waals surface area (Å²) in [6.07, 6.45) is 3.26. The van der Waals surface area contributed by atoms with E-state index >= 15 is 0 Å². The Hall–Kier alpha value is -3.63. The van der Waals surface area contributed by atoms with Gasteiger partial charge in [-0.15, -0.1) is 0 Å². The molecule has 0 aliphatic heterocycles. The molecule has 0 spiro atoms. The third kappa shape index (κ3) is 5.79. The molecule has 1 heterocycles.